The standard InChI is InChI=1S/C33H68NO2.CH4O4S/c1-5-9-12-13-14-15-16-17-18-19-20-21-22-23-24-25-26-27-28-29-33(35)32-34(36-8-4,30-10-6-2)31-11-7-3;1-5-6(2,3)4/h5-32H2,1-4H3;1H3,(H,2,3,4)/q+1;/p-1. The van der Waals surface area contributed by atoms with Crippen LogP contribution in [0.2, 0.25) is 0 Å². The van der Waals surface area contributed by atoms with Gasteiger partial charge in [0.05, 0.1) is 7.11 Å². The van der Waals surface area contributed by atoms with Crippen LogP contribution in [0.4, 0.5) is 0 Å². The second-order valence-corrected chi connectivity index (χ2v) is 13.2. The smallest absolute Gasteiger partial charge is 0.217 e. The summed E-state index contributed by atoms with van der Waals surface area (Å²) in [5.74, 6) is 0.405. The predicted molar refractivity (Wildman–Crippen MR) is 176 cm³/mol. The zero-order chi connectivity index (χ0) is 31.8. The van der Waals surface area contributed by atoms with Crippen molar-refractivity contribution in [2.75, 3.05) is 33.4 Å². The van der Waals surface area contributed by atoms with Crippen molar-refractivity contribution in [1.29, 1.82) is 0 Å². The number of hydroxylamine groups is 3. The summed E-state index contributed by atoms with van der Waals surface area (Å²) in [5.41, 5.74) is 0. The Hall–Kier alpha value is -0.540. The van der Waals surface area contributed by atoms with E-state index in [-0.39, 0.29) is 0 Å². The van der Waals surface area contributed by atoms with Gasteiger partial charge in [0.2, 0.25) is 10.4 Å². The fraction of sp³-hybridized carbons (Fsp3) is 0.971. The van der Waals surface area contributed by atoms with Gasteiger partial charge in [-0.3, -0.25) is 8.98 Å². The summed E-state index contributed by atoms with van der Waals surface area (Å²) in [6.45, 7) is 12.0. The number of hydrogen-bond donors (Lipinski definition) is 0. The summed E-state index contributed by atoms with van der Waals surface area (Å²) < 4.78 is 31.6. The Morgan fingerprint density at radius 3 is 1.17 bits per heavy atom. The minimum atomic E-state index is -4.41. The van der Waals surface area contributed by atoms with Gasteiger partial charge in [-0.05, 0) is 26.2 Å². The maximum atomic E-state index is 12.7. The minimum absolute atomic E-state index is 0.405. The van der Waals surface area contributed by atoms with Gasteiger partial charge in [-0.25, -0.2) is 13.3 Å². The van der Waals surface area contributed by atoms with Gasteiger partial charge in [0.1, 0.15) is 19.7 Å². The Morgan fingerprint density at radius 2 is 0.881 bits per heavy atom. The molecule has 0 saturated heterocycles. The molecule has 0 aliphatic carbocycles. The van der Waals surface area contributed by atoms with Crippen molar-refractivity contribution in [2.45, 2.75) is 182 Å². The van der Waals surface area contributed by atoms with Crippen LogP contribution in [0.25, 0.3) is 0 Å². The molecule has 0 atom stereocenters. The fourth-order valence-electron chi connectivity index (χ4n) is 5.41. The van der Waals surface area contributed by atoms with Crippen molar-refractivity contribution in [1.82, 2.24) is 0 Å². The molecule has 0 aliphatic heterocycles. The van der Waals surface area contributed by atoms with E-state index in [0.717, 1.165) is 58.7 Å². The maximum absolute atomic E-state index is 12.7. The van der Waals surface area contributed by atoms with E-state index >= 15 is 0 Å². The van der Waals surface area contributed by atoms with Gasteiger partial charge in [-0.1, -0.05) is 149 Å². The largest absolute Gasteiger partial charge is 0.726 e. The normalized spacial score (nSPS) is 11.9. The molecule has 0 fully saturated rings. The Morgan fingerprint density at radius 1 is 0.571 bits per heavy atom. The van der Waals surface area contributed by atoms with E-state index in [1.54, 1.807) is 0 Å². The van der Waals surface area contributed by atoms with Crippen molar-refractivity contribution < 1.29 is 31.4 Å². The van der Waals surface area contributed by atoms with E-state index in [1.807, 2.05) is 0 Å². The lowest BCUT2D eigenvalue weighted by atomic mass is 10.0. The molecule has 8 heteroatoms. The number of unbranched alkanes of at least 4 members (excludes halogenated alkanes) is 20. The topological polar surface area (TPSA) is 92.7 Å². The summed E-state index contributed by atoms with van der Waals surface area (Å²) >= 11 is 0. The lowest BCUT2D eigenvalue weighted by molar-refractivity contribution is -1.10. The van der Waals surface area contributed by atoms with Crippen LogP contribution in [0.1, 0.15) is 182 Å². The molecule has 7 nitrogen and oxygen atoms in total. The average Bonchev–Trinajstić information content (AvgIpc) is 2.96. The van der Waals surface area contributed by atoms with Gasteiger partial charge in [0.25, 0.3) is 0 Å². The third kappa shape index (κ3) is 32.4. The first kappa shape index (κ1) is 43.6. The Kier molecular flexibility index (Phi) is 33.1. The Balaban J connectivity index is 0. The maximum Gasteiger partial charge on any atom is 0.217 e. The molecule has 0 unspecified atom stereocenters. The summed E-state index contributed by atoms with van der Waals surface area (Å²) in [7, 11) is -3.60. The van der Waals surface area contributed by atoms with Gasteiger partial charge >= 0.3 is 0 Å². The lowest BCUT2D eigenvalue weighted by Gasteiger charge is -2.35. The van der Waals surface area contributed by atoms with E-state index in [2.05, 4.69) is 31.9 Å². The highest BCUT2D eigenvalue weighted by atomic mass is 32.3. The molecule has 0 aromatic rings. The van der Waals surface area contributed by atoms with Crippen LogP contribution >= 0.6 is 0 Å². The van der Waals surface area contributed by atoms with Crippen molar-refractivity contribution in [2.24, 2.45) is 0 Å². The van der Waals surface area contributed by atoms with Crippen LogP contribution in [0.3, 0.4) is 0 Å². The van der Waals surface area contributed by atoms with E-state index in [9.17, 15) is 17.8 Å². The van der Waals surface area contributed by atoms with Gasteiger partial charge in [0, 0.05) is 6.42 Å². The summed E-state index contributed by atoms with van der Waals surface area (Å²) in [6, 6.07) is 0. The van der Waals surface area contributed by atoms with Crippen molar-refractivity contribution in [3.8, 4) is 0 Å². The molecule has 0 bridgehead atoms. The number of hydrogen-bond acceptors (Lipinski definition) is 6. The Labute approximate surface area is 262 Å². The molecular formula is C34H71NO6S. The monoisotopic (exact) mass is 622 g/mol. The van der Waals surface area contributed by atoms with Crippen molar-refractivity contribution in [3.63, 3.8) is 0 Å². The molecule has 0 aliphatic rings. The number of rotatable bonds is 31. The molecule has 0 spiro atoms. The third-order valence-corrected chi connectivity index (χ3v) is 8.38. The number of nitrogens with zero attached hydrogens (tertiary/aromatic N) is 1. The molecule has 0 amide bonds. The molecule has 254 valence electrons. The van der Waals surface area contributed by atoms with Gasteiger partial charge in [0.15, 0.2) is 12.3 Å². The molecule has 0 heterocycles. The molecule has 0 N–H and O–H groups in total. The van der Waals surface area contributed by atoms with Crippen LogP contribution in [0, 0.1) is 0 Å². The van der Waals surface area contributed by atoms with Crippen molar-refractivity contribution in [3.05, 3.63) is 0 Å². The van der Waals surface area contributed by atoms with Gasteiger partial charge in [-0.2, -0.15) is 4.65 Å². The van der Waals surface area contributed by atoms with E-state index in [0.29, 0.717) is 23.6 Å². The first-order valence-corrected chi connectivity index (χ1v) is 19.1. The first-order chi connectivity index (χ1) is 20.2. The fourth-order valence-corrected chi connectivity index (χ4v) is 5.41. The summed E-state index contributed by atoms with van der Waals surface area (Å²) in [4.78, 5) is 18.9. The second kappa shape index (κ2) is 31.9. The highest BCUT2D eigenvalue weighted by Gasteiger charge is 2.31. The second-order valence-electron chi connectivity index (χ2n) is 12.0. The molecule has 0 rings (SSSR count). The quantitative estimate of drug-likeness (QED) is 0.0251. The zero-order valence-corrected chi connectivity index (χ0v) is 29.4. The third-order valence-electron chi connectivity index (χ3n) is 7.97. The SMILES string of the molecule is CCCCCCCCCCCCCCCCCCCCCC(=O)C[N+](CCCC)(CCCC)OCC.COS(=O)(=O)[O-]. The summed E-state index contributed by atoms with van der Waals surface area (Å²) in [5, 5.41) is 0. The van der Waals surface area contributed by atoms with Gasteiger partial charge in [-0.15, -0.1) is 0 Å². The molecule has 42 heavy (non-hydrogen) atoms. The number of ketones is 1. The van der Waals surface area contributed by atoms with Crippen molar-refractivity contribution >= 4 is 16.2 Å². The van der Waals surface area contributed by atoms with Crippen LogP contribution in [-0.4, -0.2) is 56.8 Å². The number of Topliss-reactive ketones (excluding diaryl/α,β-unsaturated/α-hetero) is 1. The number of carbonyl (C=O) groups excluding carboxylic acids is 1. The predicted octanol–water partition coefficient (Wildman–Crippen LogP) is 9.84. The van der Waals surface area contributed by atoms with E-state index in [4.69, 9.17) is 4.84 Å². The van der Waals surface area contributed by atoms with Crippen LogP contribution in [0.15, 0.2) is 0 Å². The van der Waals surface area contributed by atoms with E-state index < -0.39 is 10.4 Å². The lowest BCUT2D eigenvalue weighted by Crippen LogP contribution is -2.52. The van der Waals surface area contributed by atoms with Crippen LogP contribution < -0.4 is 0 Å². The molecular weight excluding hydrogens is 550 g/mol. The number of carbonyl (C=O) groups is 1. The molecule has 0 aromatic carbocycles. The molecule has 0 radical (unpaired) electrons. The van der Waals surface area contributed by atoms with E-state index in [1.165, 1.54) is 116 Å². The first-order valence-electron chi connectivity index (χ1n) is 17.7. The van der Waals surface area contributed by atoms with Crippen LogP contribution in [-0.2, 0) is 24.2 Å². The Bertz CT molecular complexity index is 663. The molecule has 0 saturated carbocycles. The minimum Gasteiger partial charge on any atom is -0.726 e. The molecule has 0 aromatic heterocycles. The van der Waals surface area contributed by atoms with Crippen LogP contribution in [0.5, 0.6) is 0 Å². The highest BCUT2D eigenvalue weighted by molar-refractivity contribution is 7.80. The highest BCUT2D eigenvalue weighted by Crippen LogP contribution is 2.17. The average molecular weight is 622 g/mol. The zero-order valence-electron chi connectivity index (χ0n) is 28.6. The summed E-state index contributed by atoms with van der Waals surface area (Å²) in [6.07, 6.45) is 31.7. The number of quaternary nitrogens is 1. The van der Waals surface area contributed by atoms with Gasteiger partial charge < -0.3 is 4.55 Å².